The first kappa shape index (κ1) is 8.52. The Hall–Kier alpha value is -1.58. The fourth-order valence-corrected chi connectivity index (χ4v) is 0.843. The van der Waals surface area contributed by atoms with Crippen LogP contribution in [0.5, 0.6) is 5.75 Å². The molecular weight excluding hydrogens is 159 g/mol. The maximum Gasteiger partial charge on any atom is 0.165 e. The van der Waals surface area contributed by atoms with Gasteiger partial charge in [0.2, 0.25) is 0 Å². The van der Waals surface area contributed by atoms with Gasteiger partial charge in [0.15, 0.2) is 11.6 Å². The molecule has 1 aromatic carbocycles. The summed E-state index contributed by atoms with van der Waals surface area (Å²) in [7, 11) is 1.40. The van der Waals surface area contributed by atoms with E-state index in [0.29, 0.717) is 5.56 Å². The zero-order valence-corrected chi connectivity index (χ0v) is 6.62. The summed E-state index contributed by atoms with van der Waals surface area (Å²) in [5, 5.41) is 3.31. The topological polar surface area (TPSA) is 47.6 Å². The summed E-state index contributed by atoms with van der Waals surface area (Å²) in [6, 6.07) is 4.38. The van der Waals surface area contributed by atoms with Crippen molar-refractivity contribution in [3.05, 3.63) is 29.6 Å². The molecule has 3 nitrogen and oxygen atoms in total. The van der Waals surface area contributed by atoms with Crippen molar-refractivity contribution < 1.29 is 9.13 Å². The second kappa shape index (κ2) is 3.71. The predicted molar refractivity (Wildman–Crippen MR) is 44.7 cm³/mol. The molecule has 0 radical (unpaired) electrons. The Morgan fingerprint density at radius 2 is 2.33 bits per heavy atom. The van der Waals surface area contributed by atoms with E-state index in [-0.39, 0.29) is 5.75 Å². The van der Waals surface area contributed by atoms with Gasteiger partial charge in [0.25, 0.3) is 0 Å². The molecule has 0 bridgehead atoms. The molecular formula is C8H9FN2O. The van der Waals surface area contributed by atoms with Gasteiger partial charge in [-0.1, -0.05) is 6.07 Å². The minimum atomic E-state index is -0.397. The Kier molecular flexibility index (Phi) is 2.63. The lowest BCUT2D eigenvalue weighted by Gasteiger charge is -2.01. The summed E-state index contributed by atoms with van der Waals surface area (Å²) in [4.78, 5) is 0. The van der Waals surface area contributed by atoms with Crippen molar-refractivity contribution in [2.75, 3.05) is 7.11 Å². The molecule has 4 heteroatoms. The first-order chi connectivity index (χ1) is 5.77. The molecule has 0 heterocycles. The summed E-state index contributed by atoms with van der Waals surface area (Å²) in [6.07, 6.45) is 1.42. The number of benzene rings is 1. The predicted octanol–water partition coefficient (Wildman–Crippen LogP) is 1.13. The van der Waals surface area contributed by atoms with E-state index in [4.69, 9.17) is 10.6 Å². The van der Waals surface area contributed by atoms with Crippen molar-refractivity contribution in [2.45, 2.75) is 0 Å². The number of hydrogen-bond donors (Lipinski definition) is 1. The highest BCUT2D eigenvalue weighted by Gasteiger charge is 2.00. The first-order valence-corrected chi connectivity index (χ1v) is 3.34. The monoisotopic (exact) mass is 168 g/mol. The Bertz CT molecular complexity index is 299. The van der Waals surface area contributed by atoms with Crippen LogP contribution in [0.4, 0.5) is 4.39 Å². The molecule has 1 aromatic rings. The molecule has 2 N–H and O–H groups in total. The zero-order valence-electron chi connectivity index (χ0n) is 6.62. The van der Waals surface area contributed by atoms with Crippen molar-refractivity contribution in [1.82, 2.24) is 0 Å². The van der Waals surface area contributed by atoms with E-state index in [0.717, 1.165) is 0 Å². The van der Waals surface area contributed by atoms with Crippen molar-refractivity contribution in [1.29, 1.82) is 0 Å². The van der Waals surface area contributed by atoms with Crippen molar-refractivity contribution in [2.24, 2.45) is 10.9 Å². The first-order valence-electron chi connectivity index (χ1n) is 3.34. The maximum absolute atomic E-state index is 12.8. The average Bonchev–Trinajstić information content (AvgIpc) is 2.09. The number of rotatable bonds is 2. The van der Waals surface area contributed by atoms with E-state index in [9.17, 15) is 4.39 Å². The molecule has 0 saturated carbocycles. The van der Waals surface area contributed by atoms with Crippen LogP contribution in [0.3, 0.4) is 0 Å². The maximum atomic E-state index is 12.8. The quantitative estimate of drug-likeness (QED) is 0.408. The fourth-order valence-electron chi connectivity index (χ4n) is 0.843. The second-order valence-corrected chi connectivity index (χ2v) is 2.17. The van der Waals surface area contributed by atoms with Gasteiger partial charge < -0.3 is 10.6 Å². The molecule has 0 aliphatic rings. The number of methoxy groups -OCH3 is 1. The van der Waals surface area contributed by atoms with Crippen LogP contribution in [-0.4, -0.2) is 13.3 Å². The number of nitrogens with two attached hydrogens (primary N) is 1. The van der Waals surface area contributed by atoms with Crippen LogP contribution in [0.25, 0.3) is 0 Å². The Labute approximate surface area is 69.6 Å². The number of hydrogen-bond acceptors (Lipinski definition) is 3. The number of hydrazone groups is 1. The van der Waals surface area contributed by atoms with Gasteiger partial charge in [-0.25, -0.2) is 4.39 Å². The van der Waals surface area contributed by atoms with Gasteiger partial charge in [0.1, 0.15) is 0 Å². The Morgan fingerprint density at radius 3 is 2.92 bits per heavy atom. The summed E-state index contributed by atoms with van der Waals surface area (Å²) < 4.78 is 17.6. The largest absolute Gasteiger partial charge is 0.494 e. The van der Waals surface area contributed by atoms with Gasteiger partial charge in [-0.05, 0) is 17.7 Å². The smallest absolute Gasteiger partial charge is 0.165 e. The minimum Gasteiger partial charge on any atom is -0.494 e. The molecule has 64 valence electrons. The van der Waals surface area contributed by atoms with Gasteiger partial charge >= 0.3 is 0 Å². The lowest BCUT2D eigenvalue weighted by atomic mass is 10.2. The highest BCUT2D eigenvalue weighted by Crippen LogP contribution is 2.16. The summed E-state index contributed by atoms with van der Waals surface area (Å²) in [5.74, 6) is 4.72. The molecule has 0 aliphatic carbocycles. The van der Waals surface area contributed by atoms with Crippen LogP contribution in [0, 0.1) is 5.82 Å². The summed E-state index contributed by atoms with van der Waals surface area (Å²) >= 11 is 0. The highest BCUT2D eigenvalue weighted by atomic mass is 19.1. The minimum absolute atomic E-state index is 0.187. The van der Waals surface area contributed by atoms with Crippen molar-refractivity contribution in [3.8, 4) is 5.75 Å². The molecule has 0 amide bonds. The van der Waals surface area contributed by atoms with E-state index in [1.165, 1.54) is 25.5 Å². The van der Waals surface area contributed by atoms with Crippen LogP contribution in [0.15, 0.2) is 23.3 Å². The van der Waals surface area contributed by atoms with Crippen molar-refractivity contribution >= 4 is 6.21 Å². The van der Waals surface area contributed by atoms with E-state index in [1.54, 1.807) is 6.07 Å². The molecule has 0 aromatic heterocycles. The lowest BCUT2D eigenvalue weighted by Crippen LogP contribution is -1.91. The molecule has 1 rings (SSSR count). The molecule has 12 heavy (non-hydrogen) atoms. The van der Waals surface area contributed by atoms with Crippen LogP contribution in [-0.2, 0) is 0 Å². The number of halogens is 1. The van der Waals surface area contributed by atoms with Gasteiger partial charge in [-0.15, -0.1) is 0 Å². The normalized spacial score (nSPS) is 10.5. The molecule has 0 saturated heterocycles. The number of ether oxygens (including phenoxy) is 1. The standard InChI is InChI=1S/C8H9FN2O/c1-12-8-4-6(5-11-10)2-3-7(8)9/h2-5H,10H2,1H3. The molecule has 0 spiro atoms. The van der Waals surface area contributed by atoms with Crippen LogP contribution in [0.2, 0.25) is 0 Å². The van der Waals surface area contributed by atoms with Crippen LogP contribution < -0.4 is 10.6 Å². The zero-order chi connectivity index (χ0) is 8.97. The van der Waals surface area contributed by atoms with Gasteiger partial charge in [-0.2, -0.15) is 5.10 Å². The Balaban J connectivity index is 3.05. The third-order valence-electron chi connectivity index (χ3n) is 1.40. The van der Waals surface area contributed by atoms with Crippen molar-refractivity contribution in [3.63, 3.8) is 0 Å². The molecule has 0 aliphatic heterocycles. The van der Waals surface area contributed by atoms with E-state index >= 15 is 0 Å². The van der Waals surface area contributed by atoms with E-state index < -0.39 is 5.82 Å². The average molecular weight is 168 g/mol. The summed E-state index contributed by atoms with van der Waals surface area (Å²) in [6.45, 7) is 0. The summed E-state index contributed by atoms with van der Waals surface area (Å²) in [5.41, 5.74) is 0.704. The van der Waals surface area contributed by atoms with Gasteiger partial charge in [-0.3, -0.25) is 0 Å². The van der Waals surface area contributed by atoms with E-state index in [2.05, 4.69) is 5.10 Å². The highest BCUT2D eigenvalue weighted by molar-refractivity contribution is 5.79. The van der Waals surface area contributed by atoms with Crippen LogP contribution in [0.1, 0.15) is 5.56 Å². The SMILES string of the molecule is COc1cc(C=NN)ccc1F. The third kappa shape index (κ3) is 1.72. The van der Waals surface area contributed by atoms with E-state index in [1.807, 2.05) is 0 Å². The molecule has 0 atom stereocenters. The molecule has 0 fully saturated rings. The third-order valence-corrected chi connectivity index (χ3v) is 1.40. The van der Waals surface area contributed by atoms with Gasteiger partial charge in [0, 0.05) is 0 Å². The number of nitrogens with zero attached hydrogens (tertiary/aromatic N) is 1. The second-order valence-electron chi connectivity index (χ2n) is 2.17. The van der Waals surface area contributed by atoms with Gasteiger partial charge in [0.05, 0.1) is 13.3 Å². The molecule has 0 unspecified atom stereocenters. The lowest BCUT2D eigenvalue weighted by molar-refractivity contribution is 0.386. The van der Waals surface area contributed by atoms with Crippen LogP contribution >= 0.6 is 0 Å². The fraction of sp³-hybridized carbons (Fsp3) is 0.125. The Morgan fingerprint density at radius 1 is 1.58 bits per heavy atom.